The number of aromatic nitrogens is 4. The molecule has 258 valence electrons. The Morgan fingerprint density at radius 2 is 0.739 bits per heavy atom. The van der Waals surface area contributed by atoms with Crippen LogP contribution in [0.25, 0.3) is 22.1 Å². The van der Waals surface area contributed by atoms with Crippen molar-refractivity contribution in [3.05, 3.63) is 61.2 Å². The number of aryl methyl sites for hydroxylation is 4. The molecule has 0 saturated heterocycles. The Balaban J connectivity index is 0.00000368. The third kappa shape index (κ3) is 13.5. The Morgan fingerprint density at radius 1 is 0.413 bits per heavy atom. The van der Waals surface area contributed by atoms with Crippen LogP contribution in [-0.4, -0.2) is 9.13 Å². The lowest BCUT2D eigenvalue weighted by atomic mass is 10.1. The van der Waals surface area contributed by atoms with Gasteiger partial charge in [-0.25, -0.2) is 18.3 Å². The molecule has 0 aliphatic rings. The second-order valence-electron chi connectivity index (χ2n) is 13.3. The molecule has 0 spiro atoms. The van der Waals surface area contributed by atoms with Crippen molar-refractivity contribution >= 4 is 22.1 Å². The molecular formula is C40H64Br2N4. The van der Waals surface area contributed by atoms with Crippen molar-refractivity contribution < 1.29 is 43.1 Å². The molecule has 0 radical (unpaired) electrons. The summed E-state index contributed by atoms with van der Waals surface area (Å²) in [5.74, 6) is 0. The Hall–Kier alpha value is -1.66. The smallest absolute Gasteiger partial charge is 0.244 e. The van der Waals surface area contributed by atoms with E-state index in [9.17, 15) is 0 Å². The Kier molecular flexibility index (Phi) is 21.6. The van der Waals surface area contributed by atoms with Gasteiger partial charge in [-0.3, -0.25) is 0 Å². The summed E-state index contributed by atoms with van der Waals surface area (Å²) in [6.45, 7) is 9.19. The summed E-state index contributed by atoms with van der Waals surface area (Å²) in [5, 5.41) is 0. The van der Waals surface area contributed by atoms with Crippen LogP contribution in [0.3, 0.4) is 0 Å². The largest absolute Gasteiger partial charge is 1.00 e. The van der Waals surface area contributed by atoms with Gasteiger partial charge in [0.1, 0.15) is 0 Å². The summed E-state index contributed by atoms with van der Waals surface area (Å²) < 4.78 is 10.0. The molecule has 0 aliphatic heterocycles. The number of unbranched alkanes of at least 4 members (excludes halogenated alkanes) is 17. The van der Waals surface area contributed by atoms with Crippen LogP contribution in [0.1, 0.15) is 142 Å². The van der Waals surface area contributed by atoms with Gasteiger partial charge < -0.3 is 34.0 Å². The number of fused-ring (bicyclic) bond motifs is 2. The molecule has 0 fully saturated rings. The predicted octanol–water partition coefficient (Wildman–Crippen LogP) is 4.72. The summed E-state index contributed by atoms with van der Waals surface area (Å²) >= 11 is 0. The fourth-order valence-corrected chi connectivity index (χ4v) is 6.95. The molecule has 2 heterocycles. The van der Waals surface area contributed by atoms with Crippen LogP contribution in [0, 0.1) is 0 Å². The van der Waals surface area contributed by atoms with Crippen LogP contribution in [-0.2, 0) is 26.2 Å². The summed E-state index contributed by atoms with van der Waals surface area (Å²) in [6, 6.07) is 18.0. The van der Waals surface area contributed by atoms with Gasteiger partial charge in [-0.15, -0.1) is 0 Å². The molecule has 0 amide bonds. The molecule has 2 aromatic carbocycles. The van der Waals surface area contributed by atoms with Crippen molar-refractivity contribution in [2.45, 2.75) is 168 Å². The second-order valence-corrected chi connectivity index (χ2v) is 13.3. The fraction of sp³-hybridized carbons (Fsp3) is 0.650. The van der Waals surface area contributed by atoms with Gasteiger partial charge in [-0.1, -0.05) is 115 Å². The van der Waals surface area contributed by atoms with Crippen molar-refractivity contribution in [1.82, 2.24) is 9.13 Å². The summed E-state index contributed by atoms with van der Waals surface area (Å²) in [5.41, 5.74) is 5.62. The van der Waals surface area contributed by atoms with E-state index in [1.807, 2.05) is 0 Å². The van der Waals surface area contributed by atoms with Crippen LogP contribution < -0.4 is 43.1 Å². The van der Waals surface area contributed by atoms with E-state index in [0.29, 0.717) is 0 Å². The first-order valence-corrected chi connectivity index (χ1v) is 18.8. The van der Waals surface area contributed by atoms with E-state index in [2.05, 4.69) is 93.3 Å². The van der Waals surface area contributed by atoms with Gasteiger partial charge in [0.15, 0.2) is 22.1 Å². The van der Waals surface area contributed by atoms with E-state index in [4.69, 9.17) is 0 Å². The van der Waals surface area contributed by atoms with E-state index in [-0.39, 0.29) is 34.0 Å². The van der Waals surface area contributed by atoms with E-state index in [1.165, 1.54) is 150 Å². The number of imidazole rings is 2. The number of hydrogen-bond donors (Lipinski definition) is 0. The zero-order valence-electron chi connectivity index (χ0n) is 29.3. The Bertz CT molecular complexity index is 1230. The average Bonchev–Trinajstić information content (AvgIpc) is 3.59. The normalized spacial score (nSPS) is 11.3. The zero-order chi connectivity index (χ0) is 30.7. The number of hydrogen-bond acceptors (Lipinski definition) is 0. The third-order valence-electron chi connectivity index (χ3n) is 9.61. The molecule has 6 heteroatoms. The van der Waals surface area contributed by atoms with Crippen LogP contribution in [0.15, 0.2) is 61.2 Å². The second kappa shape index (κ2) is 24.5. The number of rotatable bonds is 25. The lowest BCUT2D eigenvalue weighted by Gasteiger charge is -2.02. The van der Waals surface area contributed by atoms with Gasteiger partial charge in [0.2, 0.25) is 12.7 Å². The average molecular weight is 761 g/mol. The Morgan fingerprint density at radius 3 is 1.13 bits per heavy atom. The minimum Gasteiger partial charge on any atom is -1.00 e. The SMILES string of the molecule is CCCCCCCCn1c[n+](CCCCCCCCCC[n+]2cn(CCCCCCCC)c3ccccc32)c2ccccc21.[Br-].[Br-]. The maximum absolute atomic E-state index is 2.51. The monoisotopic (exact) mass is 758 g/mol. The quantitative estimate of drug-likeness (QED) is 0.0689. The highest BCUT2D eigenvalue weighted by atomic mass is 79.9. The Labute approximate surface area is 302 Å². The number of halogens is 2. The highest BCUT2D eigenvalue weighted by molar-refractivity contribution is 5.72. The molecule has 0 aliphatic carbocycles. The van der Waals surface area contributed by atoms with Gasteiger partial charge in [0.05, 0.1) is 26.2 Å². The van der Waals surface area contributed by atoms with Crippen molar-refractivity contribution in [1.29, 1.82) is 0 Å². The van der Waals surface area contributed by atoms with Crippen molar-refractivity contribution in [3.8, 4) is 0 Å². The maximum atomic E-state index is 2.51. The van der Waals surface area contributed by atoms with Crippen LogP contribution in [0.4, 0.5) is 0 Å². The lowest BCUT2D eigenvalue weighted by Crippen LogP contribution is -3.00. The standard InChI is InChI=1S/C40H64N4.2BrH/c1-3-5-7-9-15-23-31-41-35-43(39-29-21-19-27-37(39)41)33-25-17-13-11-12-14-18-26-34-44-36-42(32-24-16-10-8-6-4-2)38-28-20-22-30-40(38)44;;/h19-22,27-30,35-36H,3-18,23-26,31-34H2,1-2H3;2*1H/q+2;;/p-2. The number of nitrogens with zero attached hydrogens (tertiary/aromatic N) is 4. The first-order valence-electron chi connectivity index (χ1n) is 18.8. The zero-order valence-corrected chi connectivity index (χ0v) is 32.5. The number of benzene rings is 2. The topological polar surface area (TPSA) is 17.6 Å². The molecule has 0 atom stereocenters. The summed E-state index contributed by atoms with van der Waals surface area (Å²) in [7, 11) is 0. The van der Waals surface area contributed by atoms with E-state index >= 15 is 0 Å². The summed E-state index contributed by atoms with van der Waals surface area (Å²) in [4.78, 5) is 0. The highest BCUT2D eigenvalue weighted by Gasteiger charge is 2.15. The van der Waals surface area contributed by atoms with Crippen molar-refractivity contribution in [2.75, 3.05) is 0 Å². The maximum Gasteiger partial charge on any atom is 0.244 e. The van der Waals surface area contributed by atoms with Crippen LogP contribution in [0.2, 0.25) is 0 Å². The first-order chi connectivity index (χ1) is 21.8. The highest BCUT2D eigenvalue weighted by Crippen LogP contribution is 2.16. The molecule has 0 unspecified atom stereocenters. The van der Waals surface area contributed by atoms with Crippen molar-refractivity contribution in [3.63, 3.8) is 0 Å². The minimum atomic E-state index is 0. The van der Waals surface area contributed by atoms with Gasteiger partial charge in [0.25, 0.3) is 0 Å². The van der Waals surface area contributed by atoms with Gasteiger partial charge >= 0.3 is 0 Å². The van der Waals surface area contributed by atoms with E-state index < -0.39 is 0 Å². The molecular weight excluding hydrogens is 696 g/mol. The molecule has 0 saturated carbocycles. The molecule has 0 N–H and O–H groups in total. The van der Waals surface area contributed by atoms with Gasteiger partial charge in [-0.05, 0) is 75.6 Å². The molecule has 4 aromatic rings. The minimum absolute atomic E-state index is 0. The summed E-state index contributed by atoms with van der Waals surface area (Å²) in [6.07, 6.45) is 31.9. The molecule has 4 nitrogen and oxygen atoms in total. The fourth-order valence-electron chi connectivity index (χ4n) is 6.95. The molecule has 46 heavy (non-hydrogen) atoms. The van der Waals surface area contributed by atoms with Crippen molar-refractivity contribution in [2.24, 2.45) is 0 Å². The third-order valence-corrected chi connectivity index (χ3v) is 9.61. The van der Waals surface area contributed by atoms with E-state index in [1.54, 1.807) is 0 Å². The van der Waals surface area contributed by atoms with Crippen LogP contribution in [0.5, 0.6) is 0 Å². The molecule has 0 bridgehead atoms. The number of para-hydroxylation sites is 4. The lowest BCUT2D eigenvalue weighted by molar-refractivity contribution is -0.672. The van der Waals surface area contributed by atoms with Gasteiger partial charge in [0, 0.05) is 0 Å². The molecule has 4 rings (SSSR count). The predicted molar refractivity (Wildman–Crippen MR) is 188 cm³/mol. The first kappa shape index (κ1) is 40.5. The van der Waals surface area contributed by atoms with Gasteiger partial charge in [-0.2, -0.15) is 0 Å². The van der Waals surface area contributed by atoms with E-state index in [0.717, 1.165) is 26.2 Å². The molecule has 2 aromatic heterocycles. The van der Waals surface area contributed by atoms with Crippen LogP contribution >= 0.6 is 0 Å².